The number of ketones is 1. The molecule has 0 atom stereocenters. The average molecular weight is 498 g/mol. The summed E-state index contributed by atoms with van der Waals surface area (Å²) in [5, 5.41) is 3.34. The second kappa shape index (κ2) is 10.6. The van der Waals surface area contributed by atoms with E-state index in [0.717, 1.165) is 0 Å². The highest BCUT2D eigenvalue weighted by molar-refractivity contribution is 6.30. The van der Waals surface area contributed by atoms with Crippen molar-refractivity contribution in [1.29, 1.82) is 0 Å². The molecule has 0 spiro atoms. The summed E-state index contributed by atoms with van der Waals surface area (Å²) in [5.41, 5.74) is 0.884. The molecule has 1 N–H and O–H groups in total. The number of nitrogens with one attached hydrogen (secondary N) is 1. The van der Waals surface area contributed by atoms with Gasteiger partial charge in [-0.05, 0) is 48.4 Å². The van der Waals surface area contributed by atoms with Crippen LogP contribution in [-0.4, -0.2) is 42.3 Å². The first kappa shape index (κ1) is 24.3. The summed E-state index contributed by atoms with van der Waals surface area (Å²) in [6.45, 7) is 4.10. The summed E-state index contributed by atoms with van der Waals surface area (Å²) in [4.78, 5) is 43.2. The molecular weight excluding hydrogens is 474 g/mol. The van der Waals surface area contributed by atoms with Crippen LogP contribution in [0.2, 0.25) is 5.02 Å². The molecule has 1 aliphatic rings. The van der Waals surface area contributed by atoms with Crippen molar-refractivity contribution in [2.24, 2.45) is 5.92 Å². The van der Waals surface area contributed by atoms with E-state index >= 15 is 0 Å². The van der Waals surface area contributed by atoms with Gasteiger partial charge < -0.3 is 19.2 Å². The summed E-state index contributed by atoms with van der Waals surface area (Å²) in [7, 11) is 0. The smallest absolute Gasteiger partial charge is 0.273 e. The summed E-state index contributed by atoms with van der Waals surface area (Å²) in [5.74, 6) is 0.477. The minimum Gasteiger partial charge on any atom is -0.485 e. The third-order valence-corrected chi connectivity index (χ3v) is 5.41. The molecule has 4 rings (SSSR count). The number of ether oxygens (including phenoxy) is 2. The highest BCUT2D eigenvalue weighted by Gasteiger charge is 2.28. The molecular formula is C25H24ClN3O6. The van der Waals surface area contributed by atoms with E-state index in [2.05, 4.69) is 10.3 Å². The number of oxazole rings is 1. The Morgan fingerprint density at radius 3 is 2.71 bits per heavy atom. The normalized spacial score (nSPS) is 12.8. The van der Waals surface area contributed by atoms with Gasteiger partial charge in [-0.1, -0.05) is 25.4 Å². The van der Waals surface area contributed by atoms with Gasteiger partial charge in [-0.25, -0.2) is 4.98 Å². The van der Waals surface area contributed by atoms with Crippen molar-refractivity contribution in [3.8, 4) is 11.5 Å². The highest BCUT2D eigenvalue weighted by atomic mass is 35.5. The molecule has 0 saturated heterocycles. The summed E-state index contributed by atoms with van der Waals surface area (Å²) >= 11 is 5.87. The lowest BCUT2D eigenvalue weighted by atomic mass is 10.1. The molecule has 0 unspecified atom stereocenters. The standard InChI is InChI=1S/C25H24ClN3O6/c1-15(2)10-27-25(32)19-12-35-23(28-19)11-29-20-9-16(3-8-22(20)34-14-24(29)31)21(30)13-33-18-6-4-17(26)5-7-18/h3-9,12,15H,10-11,13-14H2,1-2H3,(H,27,32). The van der Waals surface area contributed by atoms with E-state index in [0.29, 0.717) is 40.2 Å². The van der Waals surface area contributed by atoms with E-state index < -0.39 is 0 Å². The number of hydrogen-bond donors (Lipinski definition) is 1. The van der Waals surface area contributed by atoms with Crippen LogP contribution in [0.5, 0.6) is 11.5 Å². The van der Waals surface area contributed by atoms with Crippen LogP contribution >= 0.6 is 11.6 Å². The number of hydrogen-bond acceptors (Lipinski definition) is 7. The van der Waals surface area contributed by atoms with Crippen molar-refractivity contribution in [3.05, 3.63) is 70.9 Å². The van der Waals surface area contributed by atoms with Gasteiger partial charge in [0.2, 0.25) is 5.89 Å². The zero-order valence-corrected chi connectivity index (χ0v) is 20.0. The highest BCUT2D eigenvalue weighted by Crippen LogP contribution is 2.34. The molecule has 0 fully saturated rings. The number of Topliss-reactive ketones (excluding diaryl/α,β-unsaturated/α-hetero) is 1. The molecule has 0 radical (unpaired) electrons. The van der Waals surface area contributed by atoms with E-state index in [1.807, 2.05) is 13.8 Å². The number of aromatic nitrogens is 1. The first-order chi connectivity index (χ1) is 16.8. The van der Waals surface area contributed by atoms with Crippen molar-refractivity contribution < 1.29 is 28.3 Å². The number of anilines is 1. The Kier molecular flexibility index (Phi) is 7.36. The van der Waals surface area contributed by atoms with Gasteiger partial charge in [0, 0.05) is 17.1 Å². The second-order valence-electron chi connectivity index (χ2n) is 8.35. The number of fused-ring (bicyclic) bond motifs is 1. The van der Waals surface area contributed by atoms with Crippen molar-refractivity contribution >= 4 is 34.9 Å². The molecule has 1 aliphatic heterocycles. The van der Waals surface area contributed by atoms with Crippen LogP contribution in [0.3, 0.4) is 0 Å². The molecule has 9 nitrogen and oxygen atoms in total. The summed E-state index contributed by atoms with van der Waals surface area (Å²) < 4.78 is 16.5. The predicted octanol–water partition coefficient (Wildman–Crippen LogP) is 3.90. The molecule has 1 aromatic heterocycles. The van der Waals surface area contributed by atoms with E-state index in [1.165, 1.54) is 11.2 Å². The quantitative estimate of drug-likeness (QED) is 0.446. The van der Waals surface area contributed by atoms with Crippen LogP contribution in [0.25, 0.3) is 0 Å². The van der Waals surface area contributed by atoms with Crippen LogP contribution in [0.15, 0.2) is 53.1 Å². The van der Waals surface area contributed by atoms with Gasteiger partial charge in [-0.15, -0.1) is 0 Å². The minimum absolute atomic E-state index is 0.0222. The number of nitrogens with zero attached hydrogens (tertiary/aromatic N) is 2. The monoisotopic (exact) mass is 497 g/mol. The lowest BCUT2D eigenvalue weighted by molar-refractivity contribution is -0.121. The molecule has 3 aromatic rings. The zero-order valence-electron chi connectivity index (χ0n) is 19.2. The Morgan fingerprint density at radius 2 is 1.97 bits per heavy atom. The fourth-order valence-electron chi connectivity index (χ4n) is 3.32. The number of carbonyl (C=O) groups is 3. The van der Waals surface area contributed by atoms with Crippen LogP contribution in [0.4, 0.5) is 5.69 Å². The van der Waals surface area contributed by atoms with Crippen LogP contribution in [-0.2, 0) is 11.3 Å². The fraction of sp³-hybridized carbons (Fsp3) is 0.280. The Labute approximate surface area is 207 Å². The maximum Gasteiger partial charge on any atom is 0.273 e. The predicted molar refractivity (Wildman–Crippen MR) is 128 cm³/mol. The van der Waals surface area contributed by atoms with Crippen molar-refractivity contribution in [3.63, 3.8) is 0 Å². The summed E-state index contributed by atoms with van der Waals surface area (Å²) in [6, 6.07) is 11.5. The average Bonchev–Trinajstić information content (AvgIpc) is 3.32. The molecule has 0 saturated carbocycles. The number of halogens is 1. The third-order valence-electron chi connectivity index (χ3n) is 5.16. The van der Waals surface area contributed by atoms with Gasteiger partial charge in [0.05, 0.1) is 5.69 Å². The van der Waals surface area contributed by atoms with E-state index in [4.69, 9.17) is 25.5 Å². The van der Waals surface area contributed by atoms with E-state index in [9.17, 15) is 14.4 Å². The molecule has 10 heteroatoms. The van der Waals surface area contributed by atoms with Gasteiger partial charge in [-0.3, -0.25) is 19.3 Å². The maximum atomic E-state index is 12.7. The lowest BCUT2D eigenvalue weighted by Gasteiger charge is -2.28. The van der Waals surface area contributed by atoms with Crippen LogP contribution in [0, 0.1) is 5.92 Å². The Balaban J connectivity index is 1.47. The zero-order chi connectivity index (χ0) is 24.9. The molecule has 2 aromatic carbocycles. The fourth-order valence-corrected chi connectivity index (χ4v) is 3.45. The molecule has 2 amide bonds. The van der Waals surface area contributed by atoms with Crippen LogP contribution < -0.4 is 19.7 Å². The Morgan fingerprint density at radius 1 is 1.20 bits per heavy atom. The minimum atomic E-state index is -0.351. The van der Waals surface area contributed by atoms with Gasteiger partial charge >= 0.3 is 0 Å². The van der Waals surface area contributed by atoms with Gasteiger partial charge in [0.1, 0.15) is 24.3 Å². The molecule has 182 valence electrons. The second-order valence-corrected chi connectivity index (χ2v) is 8.78. The number of rotatable bonds is 9. The topological polar surface area (TPSA) is 111 Å². The molecule has 0 bridgehead atoms. The number of carbonyl (C=O) groups excluding carboxylic acids is 3. The van der Waals surface area contributed by atoms with Crippen molar-refractivity contribution in [1.82, 2.24) is 10.3 Å². The van der Waals surface area contributed by atoms with Crippen LogP contribution in [0.1, 0.15) is 40.6 Å². The summed E-state index contributed by atoms with van der Waals surface area (Å²) in [6.07, 6.45) is 1.25. The first-order valence-corrected chi connectivity index (χ1v) is 11.4. The van der Waals surface area contributed by atoms with Gasteiger partial charge in [-0.2, -0.15) is 0 Å². The van der Waals surface area contributed by atoms with Gasteiger partial charge in [0.15, 0.2) is 24.7 Å². The lowest BCUT2D eigenvalue weighted by Crippen LogP contribution is -2.38. The maximum absolute atomic E-state index is 12.7. The third kappa shape index (κ3) is 5.99. The Bertz CT molecular complexity index is 1240. The molecule has 0 aliphatic carbocycles. The number of amides is 2. The molecule has 2 heterocycles. The SMILES string of the molecule is CC(C)CNC(=O)c1coc(CN2C(=O)COc3ccc(C(=O)COc4ccc(Cl)cc4)cc32)n1. The number of benzene rings is 2. The van der Waals surface area contributed by atoms with Crippen molar-refractivity contribution in [2.75, 3.05) is 24.7 Å². The Hall–Kier alpha value is -3.85. The first-order valence-electron chi connectivity index (χ1n) is 11.0. The van der Waals surface area contributed by atoms with E-state index in [-0.39, 0.29) is 48.9 Å². The van der Waals surface area contributed by atoms with Gasteiger partial charge in [0.25, 0.3) is 11.8 Å². The molecule has 35 heavy (non-hydrogen) atoms. The largest absolute Gasteiger partial charge is 0.485 e. The van der Waals surface area contributed by atoms with Crippen molar-refractivity contribution in [2.45, 2.75) is 20.4 Å². The van der Waals surface area contributed by atoms with E-state index in [1.54, 1.807) is 42.5 Å².